The molecule has 0 aliphatic carbocycles. The summed E-state index contributed by atoms with van der Waals surface area (Å²) in [4.78, 5) is 11.2. The number of rotatable bonds is 5. The average molecular weight is 293 g/mol. The highest BCUT2D eigenvalue weighted by Gasteiger charge is 2.02. The number of amides is 1. The third-order valence-electron chi connectivity index (χ3n) is 2.84. The number of hydrazone groups is 1. The summed E-state index contributed by atoms with van der Waals surface area (Å²) in [6, 6.07) is 18.6. The molecule has 0 radical (unpaired) electrons. The predicted octanol–water partition coefficient (Wildman–Crippen LogP) is 3.23. The quantitative estimate of drug-likeness (QED) is 0.679. The van der Waals surface area contributed by atoms with Gasteiger partial charge in [-0.25, -0.2) is 5.43 Å². The van der Waals surface area contributed by atoms with Crippen LogP contribution in [0.4, 0.5) is 0 Å². The summed E-state index contributed by atoms with van der Waals surface area (Å²) in [7, 11) is 0. The topological polar surface area (TPSA) is 74.5 Å². The first kappa shape index (κ1) is 15.3. The van der Waals surface area contributed by atoms with Crippen LogP contribution in [0.15, 0.2) is 59.7 Å². The van der Waals surface area contributed by atoms with E-state index in [-0.39, 0.29) is 6.42 Å². The minimum Gasteiger partial charge on any atom is -0.457 e. The molecule has 0 unspecified atom stereocenters. The van der Waals surface area contributed by atoms with Gasteiger partial charge in [-0.15, -0.1) is 0 Å². The van der Waals surface area contributed by atoms with Crippen LogP contribution < -0.4 is 10.2 Å². The van der Waals surface area contributed by atoms with Crippen molar-refractivity contribution in [1.82, 2.24) is 5.43 Å². The van der Waals surface area contributed by atoms with Crippen molar-refractivity contribution < 1.29 is 9.53 Å². The summed E-state index contributed by atoms with van der Waals surface area (Å²) in [5.74, 6) is 1.06. The van der Waals surface area contributed by atoms with Gasteiger partial charge in [-0.05, 0) is 48.9 Å². The summed E-state index contributed by atoms with van der Waals surface area (Å²) in [5.41, 5.74) is 3.84. The number of carbonyl (C=O) groups excluding carboxylic acids is 1. The van der Waals surface area contributed by atoms with Gasteiger partial charge in [0.1, 0.15) is 17.9 Å². The first-order valence-corrected chi connectivity index (χ1v) is 6.72. The van der Waals surface area contributed by atoms with Gasteiger partial charge < -0.3 is 4.74 Å². The van der Waals surface area contributed by atoms with Crippen LogP contribution >= 0.6 is 0 Å². The van der Waals surface area contributed by atoms with Gasteiger partial charge in [-0.3, -0.25) is 4.79 Å². The van der Waals surface area contributed by atoms with Crippen LogP contribution in [0.5, 0.6) is 11.5 Å². The van der Waals surface area contributed by atoms with E-state index in [4.69, 9.17) is 10.00 Å². The second-order valence-corrected chi connectivity index (χ2v) is 4.51. The van der Waals surface area contributed by atoms with E-state index in [0.29, 0.717) is 5.71 Å². The molecule has 0 aromatic heterocycles. The SMILES string of the molecule is CC(=NNC(=O)CC#N)c1ccc(Oc2ccccc2)cc1. The van der Waals surface area contributed by atoms with Crippen molar-refractivity contribution >= 4 is 11.6 Å². The maximum absolute atomic E-state index is 11.2. The minimum absolute atomic E-state index is 0.208. The Morgan fingerprint density at radius 1 is 1.14 bits per heavy atom. The van der Waals surface area contributed by atoms with E-state index in [1.54, 1.807) is 13.0 Å². The second-order valence-electron chi connectivity index (χ2n) is 4.51. The molecule has 0 aliphatic heterocycles. The molecule has 0 saturated heterocycles. The molecule has 0 fully saturated rings. The number of ether oxygens (including phenoxy) is 1. The van der Waals surface area contributed by atoms with Gasteiger partial charge in [-0.2, -0.15) is 10.4 Å². The van der Waals surface area contributed by atoms with Crippen molar-refractivity contribution in [2.75, 3.05) is 0 Å². The molecule has 22 heavy (non-hydrogen) atoms. The van der Waals surface area contributed by atoms with E-state index >= 15 is 0 Å². The van der Waals surface area contributed by atoms with Crippen molar-refractivity contribution in [1.29, 1.82) is 5.26 Å². The van der Waals surface area contributed by atoms with E-state index in [0.717, 1.165) is 17.1 Å². The number of nitriles is 1. The highest BCUT2D eigenvalue weighted by atomic mass is 16.5. The van der Waals surface area contributed by atoms with E-state index in [9.17, 15) is 4.79 Å². The zero-order valence-electron chi connectivity index (χ0n) is 12.1. The third-order valence-corrected chi connectivity index (χ3v) is 2.84. The molecule has 0 atom stereocenters. The van der Waals surface area contributed by atoms with Gasteiger partial charge in [0.05, 0.1) is 11.8 Å². The lowest BCUT2D eigenvalue weighted by molar-refractivity contribution is -0.120. The normalized spacial score (nSPS) is 10.6. The first-order chi connectivity index (χ1) is 10.7. The van der Waals surface area contributed by atoms with Crippen LogP contribution in [-0.4, -0.2) is 11.6 Å². The van der Waals surface area contributed by atoms with Crippen LogP contribution in [-0.2, 0) is 4.79 Å². The molecule has 0 spiro atoms. The Morgan fingerprint density at radius 3 is 2.41 bits per heavy atom. The number of hydrogen-bond donors (Lipinski definition) is 1. The van der Waals surface area contributed by atoms with Gasteiger partial charge in [0.15, 0.2) is 0 Å². The first-order valence-electron chi connectivity index (χ1n) is 6.72. The lowest BCUT2D eigenvalue weighted by Gasteiger charge is -2.06. The fourth-order valence-corrected chi connectivity index (χ4v) is 1.71. The second kappa shape index (κ2) is 7.60. The Hall–Kier alpha value is -3.13. The lowest BCUT2D eigenvalue weighted by atomic mass is 10.1. The monoisotopic (exact) mass is 293 g/mol. The Bertz CT molecular complexity index is 701. The lowest BCUT2D eigenvalue weighted by Crippen LogP contribution is -2.18. The summed E-state index contributed by atoms with van der Waals surface area (Å²) >= 11 is 0. The highest BCUT2D eigenvalue weighted by molar-refractivity contribution is 5.99. The van der Waals surface area contributed by atoms with Crippen molar-refractivity contribution in [2.24, 2.45) is 5.10 Å². The number of benzene rings is 2. The smallest absolute Gasteiger partial charge is 0.254 e. The Morgan fingerprint density at radius 2 is 1.77 bits per heavy atom. The van der Waals surface area contributed by atoms with E-state index < -0.39 is 5.91 Å². The van der Waals surface area contributed by atoms with Gasteiger partial charge in [0.2, 0.25) is 0 Å². The molecule has 1 N–H and O–H groups in total. The van der Waals surface area contributed by atoms with E-state index in [2.05, 4.69) is 10.5 Å². The minimum atomic E-state index is -0.425. The molecule has 5 heteroatoms. The van der Waals surface area contributed by atoms with Gasteiger partial charge >= 0.3 is 0 Å². The number of carbonyl (C=O) groups is 1. The number of para-hydroxylation sites is 1. The van der Waals surface area contributed by atoms with Crippen LogP contribution in [0.25, 0.3) is 0 Å². The Balaban J connectivity index is 2.01. The molecule has 2 aromatic carbocycles. The van der Waals surface area contributed by atoms with Crippen LogP contribution in [0.3, 0.4) is 0 Å². The number of nitrogens with zero attached hydrogens (tertiary/aromatic N) is 2. The fourth-order valence-electron chi connectivity index (χ4n) is 1.71. The zero-order chi connectivity index (χ0) is 15.8. The average Bonchev–Trinajstić information content (AvgIpc) is 2.54. The van der Waals surface area contributed by atoms with Crippen molar-refractivity contribution in [2.45, 2.75) is 13.3 Å². The van der Waals surface area contributed by atoms with E-state index in [1.165, 1.54) is 0 Å². The molecule has 110 valence electrons. The summed E-state index contributed by atoms with van der Waals surface area (Å²) in [5, 5.41) is 12.3. The standard InChI is InChI=1S/C17H15N3O2/c1-13(19-20-17(21)11-12-18)14-7-9-16(10-8-14)22-15-5-3-2-4-6-15/h2-10H,11H2,1H3,(H,20,21). The summed E-state index contributed by atoms with van der Waals surface area (Å²) < 4.78 is 5.70. The van der Waals surface area contributed by atoms with E-state index in [1.807, 2.05) is 54.6 Å². The maximum Gasteiger partial charge on any atom is 0.254 e. The summed E-state index contributed by atoms with van der Waals surface area (Å²) in [6.07, 6.45) is -0.208. The molecule has 1 amide bonds. The molecule has 0 bridgehead atoms. The molecule has 0 aliphatic rings. The summed E-state index contributed by atoms with van der Waals surface area (Å²) in [6.45, 7) is 1.78. The van der Waals surface area contributed by atoms with Crippen LogP contribution in [0, 0.1) is 11.3 Å². The molecule has 0 heterocycles. The van der Waals surface area contributed by atoms with Gasteiger partial charge in [0, 0.05) is 0 Å². The Labute approximate surface area is 128 Å². The highest BCUT2D eigenvalue weighted by Crippen LogP contribution is 2.21. The Kier molecular flexibility index (Phi) is 5.27. The molecule has 0 saturated carbocycles. The van der Waals surface area contributed by atoms with Gasteiger partial charge in [-0.1, -0.05) is 18.2 Å². The van der Waals surface area contributed by atoms with Crippen LogP contribution in [0.2, 0.25) is 0 Å². The third kappa shape index (κ3) is 4.46. The molecule has 2 aromatic rings. The van der Waals surface area contributed by atoms with Crippen molar-refractivity contribution in [3.8, 4) is 17.6 Å². The van der Waals surface area contributed by atoms with Crippen molar-refractivity contribution in [3.63, 3.8) is 0 Å². The van der Waals surface area contributed by atoms with Crippen molar-refractivity contribution in [3.05, 3.63) is 60.2 Å². The predicted molar refractivity (Wildman–Crippen MR) is 83.5 cm³/mol. The van der Waals surface area contributed by atoms with Gasteiger partial charge in [0.25, 0.3) is 5.91 Å². The number of nitrogens with one attached hydrogen (secondary N) is 1. The maximum atomic E-state index is 11.2. The molecule has 5 nitrogen and oxygen atoms in total. The molecular weight excluding hydrogens is 278 g/mol. The molecule has 2 rings (SSSR count). The fraction of sp³-hybridized carbons (Fsp3) is 0.118. The zero-order valence-corrected chi connectivity index (χ0v) is 12.1. The largest absolute Gasteiger partial charge is 0.457 e. The number of hydrogen-bond acceptors (Lipinski definition) is 4. The molecular formula is C17H15N3O2. The van der Waals surface area contributed by atoms with Crippen LogP contribution in [0.1, 0.15) is 18.9 Å².